The van der Waals surface area contributed by atoms with Crippen LogP contribution < -0.4 is 4.74 Å². The number of carbonyl (C=O) groups is 2. The molecule has 2 aliphatic rings. The van der Waals surface area contributed by atoms with Crippen LogP contribution in [0, 0.1) is 0 Å². The first-order valence-corrected chi connectivity index (χ1v) is 13.4. The number of nitrogens with zero attached hydrogens (tertiary/aromatic N) is 2. The van der Waals surface area contributed by atoms with Crippen molar-refractivity contribution in [1.29, 1.82) is 0 Å². The standard InChI is InChI=1S/C27H36N2O3S/c1-2-3-4-8-17-32-23-15-13-21(14-16-23)26-27(31)28(22-10-6-5-7-11-22)20-25(30)29(26)19-24-12-9-18-33-24/h9,12-16,18,22,26H,2-8,10-11,17,19-20H2,1H3. The zero-order chi connectivity index (χ0) is 23.0. The molecule has 1 unspecified atom stereocenters. The fraction of sp³-hybridized carbons (Fsp3) is 0.556. The van der Waals surface area contributed by atoms with Crippen molar-refractivity contribution < 1.29 is 14.3 Å². The van der Waals surface area contributed by atoms with Gasteiger partial charge in [0.15, 0.2) is 0 Å². The van der Waals surface area contributed by atoms with Crippen LogP contribution in [0.1, 0.15) is 81.2 Å². The number of hydrogen-bond acceptors (Lipinski definition) is 4. The van der Waals surface area contributed by atoms with Gasteiger partial charge in [0.05, 0.1) is 13.2 Å². The average molecular weight is 469 g/mol. The topological polar surface area (TPSA) is 49.9 Å². The maximum Gasteiger partial charge on any atom is 0.250 e. The third kappa shape index (κ3) is 5.97. The van der Waals surface area contributed by atoms with E-state index in [0.29, 0.717) is 13.2 Å². The molecule has 33 heavy (non-hydrogen) atoms. The van der Waals surface area contributed by atoms with Crippen LogP contribution in [0.15, 0.2) is 41.8 Å². The highest BCUT2D eigenvalue weighted by Crippen LogP contribution is 2.34. The molecule has 5 nitrogen and oxygen atoms in total. The molecule has 2 aromatic rings. The van der Waals surface area contributed by atoms with Gasteiger partial charge in [-0.1, -0.05) is 63.6 Å². The van der Waals surface area contributed by atoms with Crippen molar-refractivity contribution in [2.45, 2.75) is 83.3 Å². The molecule has 0 N–H and O–H groups in total. The molecule has 0 bridgehead atoms. The van der Waals surface area contributed by atoms with Gasteiger partial charge in [0, 0.05) is 10.9 Å². The lowest BCUT2D eigenvalue weighted by Gasteiger charge is -2.44. The number of carbonyl (C=O) groups excluding carboxylic acids is 2. The van der Waals surface area contributed by atoms with Gasteiger partial charge in [-0.15, -0.1) is 11.3 Å². The normalized spacial score (nSPS) is 19.8. The van der Waals surface area contributed by atoms with Crippen molar-refractivity contribution in [2.75, 3.05) is 13.2 Å². The van der Waals surface area contributed by atoms with Crippen molar-refractivity contribution in [3.05, 3.63) is 52.2 Å². The van der Waals surface area contributed by atoms with E-state index in [0.717, 1.165) is 48.3 Å². The lowest BCUT2D eigenvalue weighted by Crippen LogP contribution is -2.58. The summed E-state index contributed by atoms with van der Waals surface area (Å²) in [5, 5.41) is 2.02. The van der Waals surface area contributed by atoms with E-state index in [1.165, 1.54) is 25.7 Å². The van der Waals surface area contributed by atoms with Crippen molar-refractivity contribution in [3.63, 3.8) is 0 Å². The fourth-order valence-corrected chi connectivity index (χ4v) is 5.69. The molecule has 1 aromatic carbocycles. The van der Waals surface area contributed by atoms with Crippen LogP contribution in [-0.4, -0.2) is 40.8 Å². The number of benzene rings is 1. The highest BCUT2D eigenvalue weighted by Gasteiger charge is 2.43. The maximum atomic E-state index is 13.8. The molecule has 2 heterocycles. The number of ether oxygens (including phenoxy) is 1. The third-order valence-electron chi connectivity index (χ3n) is 6.84. The Morgan fingerprint density at radius 2 is 1.79 bits per heavy atom. The Kier molecular flexibility index (Phi) is 8.43. The van der Waals surface area contributed by atoms with Crippen molar-refractivity contribution in [1.82, 2.24) is 9.80 Å². The summed E-state index contributed by atoms with van der Waals surface area (Å²) in [6, 6.07) is 11.4. The first-order chi connectivity index (χ1) is 16.2. The summed E-state index contributed by atoms with van der Waals surface area (Å²) in [4.78, 5) is 31.8. The van der Waals surface area contributed by atoms with Gasteiger partial charge in [-0.3, -0.25) is 9.59 Å². The van der Waals surface area contributed by atoms with Crippen LogP contribution in [0.4, 0.5) is 0 Å². The van der Waals surface area contributed by atoms with E-state index in [2.05, 4.69) is 6.92 Å². The number of piperazine rings is 1. The van der Waals surface area contributed by atoms with Crippen molar-refractivity contribution in [2.24, 2.45) is 0 Å². The molecular weight excluding hydrogens is 432 g/mol. The van der Waals surface area contributed by atoms with Crippen LogP contribution in [-0.2, 0) is 16.1 Å². The maximum absolute atomic E-state index is 13.8. The van der Waals surface area contributed by atoms with E-state index < -0.39 is 6.04 Å². The minimum Gasteiger partial charge on any atom is -0.494 e. The predicted octanol–water partition coefficient (Wildman–Crippen LogP) is 5.95. The average Bonchev–Trinajstić information content (AvgIpc) is 3.36. The molecular formula is C27H36N2O3S. The molecule has 2 amide bonds. The lowest BCUT2D eigenvalue weighted by atomic mass is 9.91. The summed E-state index contributed by atoms with van der Waals surface area (Å²) in [7, 11) is 0. The zero-order valence-electron chi connectivity index (χ0n) is 19.7. The quantitative estimate of drug-likeness (QED) is 0.405. The van der Waals surface area contributed by atoms with E-state index in [-0.39, 0.29) is 24.4 Å². The smallest absolute Gasteiger partial charge is 0.250 e. The second-order valence-electron chi connectivity index (χ2n) is 9.24. The molecule has 1 aromatic heterocycles. The van der Waals surface area contributed by atoms with E-state index in [1.54, 1.807) is 16.2 Å². The van der Waals surface area contributed by atoms with Gasteiger partial charge in [-0.2, -0.15) is 0 Å². The third-order valence-corrected chi connectivity index (χ3v) is 7.70. The molecule has 0 spiro atoms. The Morgan fingerprint density at radius 3 is 2.48 bits per heavy atom. The van der Waals surface area contributed by atoms with Gasteiger partial charge in [0.25, 0.3) is 5.91 Å². The second-order valence-corrected chi connectivity index (χ2v) is 10.3. The minimum atomic E-state index is -0.575. The zero-order valence-corrected chi connectivity index (χ0v) is 20.5. The SMILES string of the molecule is CCCCCCOc1ccc(C2C(=O)N(C3CCCCC3)CC(=O)N2Cc2cccs2)cc1. The van der Waals surface area contributed by atoms with E-state index in [9.17, 15) is 9.59 Å². The molecule has 1 atom stereocenters. The molecule has 2 fully saturated rings. The van der Waals surface area contributed by atoms with Gasteiger partial charge in [0.2, 0.25) is 5.91 Å². The summed E-state index contributed by atoms with van der Waals surface area (Å²) in [6.07, 6.45) is 10.2. The summed E-state index contributed by atoms with van der Waals surface area (Å²) in [6.45, 7) is 3.58. The number of hydrogen-bond donors (Lipinski definition) is 0. The number of amides is 2. The number of thiophene rings is 1. The first-order valence-electron chi connectivity index (χ1n) is 12.5. The molecule has 0 radical (unpaired) electrons. The molecule has 1 saturated heterocycles. The van der Waals surface area contributed by atoms with Crippen LogP contribution in [0.25, 0.3) is 0 Å². The van der Waals surface area contributed by atoms with Gasteiger partial charge in [0.1, 0.15) is 18.3 Å². The fourth-order valence-electron chi connectivity index (χ4n) is 4.99. The summed E-state index contributed by atoms with van der Waals surface area (Å²) >= 11 is 1.62. The Bertz CT molecular complexity index is 891. The monoisotopic (exact) mass is 468 g/mol. The Morgan fingerprint density at radius 1 is 1.00 bits per heavy atom. The van der Waals surface area contributed by atoms with E-state index in [4.69, 9.17) is 4.74 Å². The molecule has 1 aliphatic heterocycles. The van der Waals surface area contributed by atoms with Crippen LogP contribution in [0.5, 0.6) is 5.75 Å². The van der Waals surface area contributed by atoms with E-state index >= 15 is 0 Å². The molecule has 1 saturated carbocycles. The Balaban J connectivity index is 1.52. The van der Waals surface area contributed by atoms with Crippen LogP contribution in [0.2, 0.25) is 0 Å². The van der Waals surface area contributed by atoms with Gasteiger partial charge < -0.3 is 14.5 Å². The lowest BCUT2D eigenvalue weighted by molar-refractivity contribution is -0.159. The first kappa shape index (κ1) is 23.8. The molecule has 4 rings (SSSR count). The Hall–Kier alpha value is -2.34. The van der Waals surface area contributed by atoms with Gasteiger partial charge in [-0.05, 0) is 48.4 Å². The predicted molar refractivity (Wildman–Crippen MR) is 132 cm³/mol. The minimum absolute atomic E-state index is 0.0369. The summed E-state index contributed by atoms with van der Waals surface area (Å²) in [5.74, 6) is 0.917. The van der Waals surface area contributed by atoms with Crippen LogP contribution >= 0.6 is 11.3 Å². The number of unbranched alkanes of at least 4 members (excludes halogenated alkanes) is 3. The largest absolute Gasteiger partial charge is 0.494 e. The summed E-state index contributed by atoms with van der Waals surface area (Å²) < 4.78 is 5.90. The molecule has 178 valence electrons. The second kappa shape index (κ2) is 11.7. The molecule has 6 heteroatoms. The highest BCUT2D eigenvalue weighted by atomic mass is 32.1. The van der Waals surface area contributed by atoms with Gasteiger partial charge >= 0.3 is 0 Å². The highest BCUT2D eigenvalue weighted by molar-refractivity contribution is 7.09. The van der Waals surface area contributed by atoms with Gasteiger partial charge in [-0.25, -0.2) is 0 Å². The van der Waals surface area contributed by atoms with Crippen molar-refractivity contribution in [3.8, 4) is 5.75 Å². The summed E-state index contributed by atoms with van der Waals surface area (Å²) in [5.41, 5.74) is 0.865. The van der Waals surface area contributed by atoms with E-state index in [1.807, 2.05) is 46.7 Å². The Labute approximate surface area is 201 Å². The van der Waals surface area contributed by atoms with Crippen LogP contribution in [0.3, 0.4) is 0 Å². The molecule has 1 aliphatic carbocycles. The number of rotatable bonds is 10. The van der Waals surface area contributed by atoms with Crippen molar-refractivity contribution >= 4 is 23.2 Å².